The van der Waals surface area contributed by atoms with E-state index in [-0.39, 0.29) is 24.2 Å². The van der Waals surface area contributed by atoms with Gasteiger partial charge in [0.2, 0.25) is 5.43 Å². The van der Waals surface area contributed by atoms with E-state index in [2.05, 4.69) is 0 Å². The van der Waals surface area contributed by atoms with Crippen LogP contribution in [0.5, 0.6) is 5.75 Å². The highest BCUT2D eigenvalue weighted by atomic mass is 16.3. The zero-order valence-electron chi connectivity index (χ0n) is 17.8. The summed E-state index contributed by atoms with van der Waals surface area (Å²) in [5.41, 5.74) is 1.33. The van der Waals surface area contributed by atoms with Gasteiger partial charge in [-0.1, -0.05) is 60.7 Å². The molecule has 1 N–H and O–H groups in total. The summed E-state index contributed by atoms with van der Waals surface area (Å²) in [4.78, 5) is 38.4. The molecule has 2 aromatic carbocycles. The van der Waals surface area contributed by atoms with Crippen LogP contribution in [-0.2, 0) is 4.79 Å². The van der Waals surface area contributed by atoms with Gasteiger partial charge in [0.1, 0.15) is 12.5 Å². The Morgan fingerprint density at radius 3 is 2.12 bits per heavy atom. The molecule has 1 aliphatic rings. The molecule has 4 rings (SSSR count). The van der Waals surface area contributed by atoms with Crippen molar-refractivity contribution in [3.8, 4) is 5.75 Å². The number of fused-ring (bicyclic) bond motifs is 1. The second kappa shape index (κ2) is 9.09. The molecule has 32 heavy (non-hydrogen) atoms. The Balaban J connectivity index is 1.84. The zero-order valence-corrected chi connectivity index (χ0v) is 17.8. The minimum atomic E-state index is -0.605. The van der Waals surface area contributed by atoms with Crippen molar-refractivity contribution in [2.24, 2.45) is 0 Å². The van der Waals surface area contributed by atoms with Crippen LogP contribution in [0, 0.1) is 0 Å². The van der Waals surface area contributed by atoms with Crippen molar-refractivity contribution in [2.75, 3.05) is 18.2 Å². The number of hydrogen-bond donors (Lipinski definition) is 1. The molecule has 0 fully saturated rings. The van der Waals surface area contributed by atoms with E-state index in [4.69, 9.17) is 0 Å². The quantitative estimate of drug-likeness (QED) is 0.622. The number of hydrogen-bond acceptors (Lipinski definition) is 5. The van der Waals surface area contributed by atoms with Gasteiger partial charge in [0.25, 0.3) is 5.91 Å². The third-order valence-electron chi connectivity index (χ3n) is 5.62. The molecule has 0 bridgehead atoms. The van der Waals surface area contributed by atoms with E-state index in [1.54, 1.807) is 9.58 Å². The number of benzene rings is 2. The maximum absolute atomic E-state index is 13.2. The lowest BCUT2D eigenvalue weighted by Gasteiger charge is -2.44. The minimum Gasteiger partial charge on any atom is -0.502 e. The van der Waals surface area contributed by atoms with Crippen molar-refractivity contribution in [1.82, 2.24) is 9.58 Å². The van der Waals surface area contributed by atoms with Crippen molar-refractivity contribution in [3.05, 3.63) is 100.0 Å². The highest BCUT2D eigenvalue weighted by Crippen LogP contribution is 2.32. The lowest BCUT2D eigenvalue weighted by atomic mass is 9.98. The first-order chi connectivity index (χ1) is 15.5. The second-order valence-corrected chi connectivity index (χ2v) is 7.90. The summed E-state index contributed by atoms with van der Waals surface area (Å²) in [6.07, 6.45) is 2.40. The molecule has 0 saturated carbocycles. The topological polar surface area (TPSA) is 82.8 Å². The Morgan fingerprint density at radius 1 is 0.969 bits per heavy atom. The normalized spacial score (nSPS) is 13.4. The number of Topliss-reactive ketones (excluding diaryl/α,β-unsaturated/α-hetero) is 1. The number of ketones is 1. The van der Waals surface area contributed by atoms with E-state index in [1.165, 1.54) is 19.2 Å². The first kappa shape index (κ1) is 21.4. The van der Waals surface area contributed by atoms with Gasteiger partial charge in [0.15, 0.2) is 11.4 Å². The maximum Gasteiger partial charge on any atom is 0.277 e. The number of nitrogens with zero attached hydrogens (tertiary/aromatic N) is 3. The summed E-state index contributed by atoms with van der Waals surface area (Å²) < 4.78 is 1.57. The number of amides is 1. The van der Waals surface area contributed by atoms with Crippen LogP contribution in [0.15, 0.2) is 77.7 Å². The molecule has 7 heteroatoms. The number of carbonyl (C=O) groups is 2. The Kier molecular flexibility index (Phi) is 6.07. The van der Waals surface area contributed by atoms with Gasteiger partial charge in [-0.15, -0.1) is 0 Å². The number of aromatic nitrogens is 1. The fourth-order valence-corrected chi connectivity index (χ4v) is 4.09. The Bertz CT molecular complexity index is 1140. The van der Waals surface area contributed by atoms with Crippen LogP contribution < -0.4 is 10.4 Å². The molecule has 0 unspecified atom stereocenters. The third kappa shape index (κ3) is 4.14. The smallest absolute Gasteiger partial charge is 0.277 e. The van der Waals surface area contributed by atoms with Crippen LogP contribution in [0.3, 0.4) is 0 Å². The van der Waals surface area contributed by atoms with Crippen LogP contribution in [0.25, 0.3) is 0 Å². The van der Waals surface area contributed by atoms with E-state index in [0.29, 0.717) is 19.4 Å². The average Bonchev–Trinajstić information content (AvgIpc) is 2.80. The van der Waals surface area contributed by atoms with Gasteiger partial charge < -0.3 is 14.8 Å². The van der Waals surface area contributed by atoms with Crippen molar-refractivity contribution < 1.29 is 14.7 Å². The lowest BCUT2D eigenvalue weighted by Crippen LogP contribution is -2.55. The molecular formula is C25H25N3O4. The van der Waals surface area contributed by atoms with Gasteiger partial charge in [-0.3, -0.25) is 19.3 Å². The zero-order chi connectivity index (χ0) is 22.7. The summed E-state index contributed by atoms with van der Waals surface area (Å²) in [6.45, 7) is 2.10. The van der Waals surface area contributed by atoms with Gasteiger partial charge in [-0.2, -0.15) is 0 Å². The van der Waals surface area contributed by atoms with Crippen molar-refractivity contribution in [3.63, 3.8) is 0 Å². The Hall–Kier alpha value is -3.87. The summed E-state index contributed by atoms with van der Waals surface area (Å²) in [5, 5.41) is 12.5. The van der Waals surface area contributed by atoms with Gasteiger partial charge in [-0.05, 0) is 24.5 Å². The summed E-state index contributed by atoms with van der Waals surface area (Å²) in [7, 11) is 0. The molecular weight excluding hydrogens is 406 g/mol. The standard InChI is InChI=1S/C25H25N3O4/c1-18(29)9-8-15-26-17-28(27-16-14-21(30)24(31)23(27)25(26)32)22(19-10-4-2-5-11-19)20-12-6-3-7-13-20/h2-7,10-14,16,22,31H,8-9,15,17H2,1H3. The number of pyridine rings is 1. The predicted molar refractivity (Wildman–Crippen MR) is 121 cm³/mol. The van der Waals surface area contributed by atoms with Crippen molar-refractivity contribution in [2.45, 2.75) is 25.8 Å². The molecule has 0 saturated heterocycles. The van der Waals surface area contributed by atoms with Gasteiger partial charge in [-0.25, -0.2) is 0 Å². The molecule has 0 aliphatic carbocycles. The molecule has 164 valence electrons. The van der Waals surface area contributed by atoms with Crippen LogP contribution in [0.1, 0.15) is 47.4 Å². The molecule has 1 aromatic heterocycles. The number of aromatic hydroxyl groups is 1. The van der Waals surface area contributed by atoms with Crippen LogP contribution >= 0.6 is 0 Å². The third-order valence-corrected chi connectivity index (χ3v) is 5.62. The van der Waals surface area contributed by atoms with E-state index < -0.39 is 17.1 Å². The van der Waals surface area contributed by atoms with E-state index in [9.17, 15) is 19.5 Å². The lowest BCUT2D eigenvalue weighted by molar-refractivity contribution is -0.117. The summed E-state index contributed by atoms with van der Waals surface area (Å²) in [5.74, 6) is -0.948. The van der Waals surface area contributed by atoms with Crippen molar-refractivity contribution >= 4 is 11.7 Å². The monoisotopic (exact) mass is 431 g/mol. The minimum absolute atomic E-state index is 0.0530. The van der Waals surface area contributed by atoms with Crippen LogP contribution in [0.4, 0.5) is 0 Å². The number of carbonyl (C=O) groups excluding carboxylic acids is 2. The maximum atomic E-state index is 13.2. The molecule has 0 atom stereocenters. The van der Waals surface area contributed by atoms with Crippen LogP contribution in [0.2, 0.25) is 0 Å². The van der Waals surface area contributed by atoms with Gasteiger partial charge in [0.05, 0.1) is 6.04 Å². The highest BCUT2D eigenvalue weighted by molar-refractivity contribution is 5.96. The number of rotatable bonds is 7. The summed E-state index contributed by atoms with van der Waals surface area (Å²) >= 11 is 0. The summed E-state index contributed by atoms with van der Waals surface area (Å²) in [6, 6.07) is 20.7. The van der Waals surface area contributed by atoms with E-state index >= 15 is 0 Å². The molecule has 7 nitrogen and oxygen atoms in total. The van der Waals surface area contributed by atoms with Crippen molar-refractivity contribution in [1.29, 1.82) is 0 Å². The predicted octanol–water partition coefficient (Wildman–Crippen LogP) is 3.06. The van der Waals surface area contributed by atoms with E-state index in [1.807, 2.05) is 65.7 Å². The SMILES string of the molecule is CC(=O)CCCN1CN(C(c2ccccc2)c2ccccc2)n2ccc(=O)c(O)c2C1=O. The highest BCUT2D eigenvalue weighted by Gasteiger charge is 2.36. The molecule has 0 radical (unpaired) electrons. The molecule has 1 aliphatic heterocycles. The average molecular weight is 431 g/mol. The first-order valence-electron chi connectivity index (χ1n) is 10.6. The molecule has 0 spiro atoms. The largest absolute Gasteiger partial charge is 0.502 e. The fourth-order valence-electron chi connectivity index (χ4n) is 4.09. The first-order valence-corrected chi connectivity index (χ1v) is 10.6. The fraction of sp³-hybridized carbons (Fsp3) is 0.240. The Labute approximate surface area is 186 Å². The molecule has 1 amide bonds. The Morgan fingerprint density at radius 2 is 1.56 bits per heavy atom. The van der Waals surface area contributed by atoms with Crippen LogP contribution in [-0.4, -0.2) is 39.6 Å². The second-order valence-electron chi connectivity index (χ2n) is 7.90. The van der Waals surface area contributed by atoms with Gasteiger partial charge in [0, 0.05) is 25.2 Å². The molecule has 2 heterocycles. The van der Waals surface area contributed by atoms with Gasteiger partial charge >= 0.3 is 0 Å². The van der Waals surface area contributed by atoms with E-state index in [0.717, 1.165) is 11.1 Å². The molecule has 3 aromatic rings.